The Bertz CT molecular complexity index is 1770. The summed E-state index contributed by atoms with van der Waals surface area (Å²) >= 11 is 0. The molecule has 1 aromatic carbocycles. The van der Waals surface area contributed by atoms with Crippen LogP contribution in [0.1, 0.15) is 42.5 Å². The molecule has 2 saturated heterocycles. The van der Waals surface area contributed by atoms with E-state index in [0.717, 1.165) is 38.5 Å². The van der Waals surface area contributed by atoms with Crippen molar-refractivity contribution in [1.82, 2.24) is 25.0 Å². The largest absolute Gasteiger partial charge is 0.494 e. The molecule has 0 bridgehead atoms. The lowest BCUT2D eigenvalue weighted by Crippen LogP contribution is -2.52. The Hall–Kier alpha value is -4.08. The summed E-state index contributed by atoms with van der Waals surface area (Å²) in [4.78, 5) is 52.6. The van der Waals surface area contributed by atoms with Gasteiger partial charge in [0.2, 0.25) is 0 Å². The number of halogens is 1. The second-order valence-corrected chi connectivity index (χ2v) is 13.1. The number of phosphoric acid groups is 1. The predicted molar refractivity (Wildman–Crippen MR) is 170 cm³/mol. The summed E-state index contributed by atoms with van der Waals surface area (Å²) in [6.45, 7) is 8.35. The van der Waals surface area contributed by atoms with E-state index in [4.69, 9.17) is 27.7 Å². The Morgan fingerprint density at radius 3 is 2.42 bits per heavy atom. The fraction of sp³-hybridized carbons (Fsp3) is 0.484. The number of phosphoric ester groups is 1. The van der Waals surface area contributed by atoms with Crippen molar-refractivity contribution in [2.75, 3.05) is 71.2 Å². The van der Waals surface area contributed by atoms with Crippen molar-refractivity contribution in [3.63, 3.8) is 0 Å². The molecule has 0 spiro atoms. The van der Waals surface area contributed by atoms with Crippen molar-refractivity contribution in [2.24, 2.45) is 0 Å². The Kier molecular flexibility index (Phi) is 9.46. The average molecular weight is 689 g/mol. The number of hydrogen-bond donors (Lipinski definition) is 1. The highest BCUT2D eigenvalue weighted by molar-refractivity contribution is 7.48. The van der Waals surface area contributed by atoms with Crippen molar-refractivity contribution < 1.29 is 46.1 Å². The number of aromatic nitrogens is 1. The molecule has 258 valence electrons. The van der Waals surface area contributed by atoms with Gasteiger partial charge in [-0.2, -0.15) is 0 Å². The maximum absolute atomic E-state index is 15.2. The molecule has 4 amide bonds. The zero-order chi connectivity index (χ0) is 34.2. The van der Waals surface area contributed by atoms with Gasteiger partial charge in [-0.3, -0.25) is 23.2 Å². The number of piperazine rings is 1. The number of carbonyl (C=O) groups is 3. The summed E-state index contributed by atoms with van der Waals surface area (Å²) in [5.41, 5.74) is -0.997. The topological polar surface area (TPSA) is 156 Å². The van der Waals surface area contributed by atoms with Crippen molar-refractivity contribution in [2.45, 2.75) is 32.9 Å². The maximum atomic E-state index is 15.2. The molecule has 3 aliphatic heterocycles. The third kappa shape index (κ3) is 6.03. The molecule has 1 atom stereocenters. The van der Waals surface area contributed by atoms with E-state index >= 15 is 4.39 Å². The molecule has 15 nitrogen and oxygen atoms in total. The Labute approximate surface area is 276 Å². The zero-order valence-electron chi connectivity index (χ0n) is 27.2. The number of methoxy groups -OCH3 is 1. The van der Waals surface area contributed by atoms with E-state index in [1.807, 2.05) is 6.07 Å². The van der Waals surface area contributed by atoms with Gasteiger partial charge in [-0.15, -0.1) is 0 Å². The molecule has 17 heteroatoms. The Morgan fingerprint density at radius 1 is 1.02 bits per heavy atom. The van der Waals surface area contributed by atoms with Crippen LogP contribution in [0.25, 0.3) is 11.1 Å². The number of hydrogen-bond acceptors (Lipinski definition) is 12. The number of furan rings is 1. The summed E-state index contributed by atoms with van der Waals surface area (Å²) in [6, 6.07) is 7.20. The van der Waals surface area contributed by atoms with Crippen LogP contribution in [0.5, 0.6) is 5.75 Å². The summed E-state index contributed by atoms with van der Waals surface area (Å²) in [7, 11) is -2.82. The van der Waals surface area contributed by atoms with Crippen molar-refractivity contribution in [3.8, 4) is 5.75 Å². The number of pyridine rings is 1. The number of rotatable bonds is 13. The summed E-state index contributed by atoms with van der Waals surface area (Å²) in [5.74, 6) is -1.75. The number of nitrogens with zero attached hydrogens (tertiary/aromatic N) is 5. The molecule has 0 aliphatic carbocycles. The summed E-state index contributed by atoms with van der Waals surface area (Å²) in [6.07, 6.45) is 0. The molecule has 2 aromatic heterocycles. The number of imide groups is 1. The van der Waals surface area contributed by atoms with Gasteiger partial charge in [0, 0.05) is 38.8 Å². The second-order valence-electron chi connectivity index (χ2n) is 11.5. The van der Waals surface area contributed by atoms with Crippen LogP contribution >= 0.6 is 7.82 Å². The quantitative estimate of drug-likeness (QED) is 0.206. The Morgan fingerprint density at radius 2 is 1.75 bits per heavy atom. The third-order valence-corrected chi connectivity index (χ3v) is 10.3. The van der Waals surface area contributed by atoms with Gasteiger partial charge in [0.1, 0.15) is 23.8 Å². The molecule has 2 fully saturated rings. The van der Waals surface area contributed by atoms with Crippen LogP contribution in [-0.2, 0) is 35.0 Å². The second kappa shape index (κ2) is 13.4. The number of anilines is 1. The van der Waals surface area contributed by atoms with Gasteiger partial charge in [0.05, 0.1) is 32.4 Å². The molecular weight excluding hydrogens is 650 g/mol. The Balaban J connectivity index is 1.35. The van der Waals surface area contributed by atoms with Crippen LogP contribution < -0.4 is 15.0 Å². The standard InChI is InChI=1S/C31H38FN6O9P/c1-5-35-12-14-36(15-13-35)25-11-10-22-21(33-25)16-24(47-22)31(18-37-17-20-8-9-23(43-4)27(32)26(20)28(37)39)29(40)38(30(41)34-31)19-46-48(42,44-6-2)45-7-3/h8-11,16H,5-7,12-15,17-19H2,1-4H3,(H,34,41)/t31-/m0/s1. The number of amides is 4. The predicted octanol–water partition coefficient (Wildman–Crippen LogP) is 3.68. The summed E-state index contributed by atoms with van der Waals surface area (Å²) in [5, 5.41) is 2.68. The smallest absolute Gasteiger partial charge is 0.476 e. The van der Waals surface area contributed by atoms with Crippen molar-refractivity contribution in [3.05, 3.63) is 53.0 Å². The summed E-state index contributed by atoms with van der Waals surface area (Å²) < 4.78 is 55.1. The van der Waals surface area contributed by atoms with Crippen LogP contribution in [0, 0.1) is 5.82 Å². The SMILES string of the molecule is CCOP(=O)(OCC)OCN1C(=O)N[C@@](CN2Cc3ccc(OC)c(F)c3C2=O)(c2cc3nc(N4CCN(CC)CC4)ccc3o2)C1=O. The van der Waals surface area contributed by atoms with E-state index in [1.54, 1.807) is 32.0 Å². The van der Waals surface area contributed by atoms with Gasteiger partial charge in [0.15, 0.2) is 22.7 Å². The lowest BCUT2D eigenvalue weighted by atomic mass is 9.95. The first-order chi connectivity index (χ1) is 23.1. The lowest BCUT2D eigenvalue weighted by molar-refractivity contribution is -0.135. The van der Waals surface area contributed by atoms with E-state index < -0.39 is 50.3 Å². The van der Waals surface area contributed by atoms with Gasteiger partial charge >= 0.3 is 13.9 Å². The number of ether oxygens (including phenoxy) is 1. The number of nitrogens with one attached hydrogen (secondary N) is 1. The van der Waals surface area contributed by atoms with E-state index in [0.29, 0.717) is 21.6 Å². The van der Waals surface area contributed by atoms with Gasteiger partial charge < -0.3 is 29.2 Å². The number of carbonyl (C=O) groups excluding carboxylic acids is 3. The van der Waals surface area contributed by atoms with Crippen molar-refractivity contribution in [1.29, 1.82) is 0 Å². The van der Waals surface area contributed by atoms with E-state index in [-0.39, 0.29) is 36.8 Å². The molecule has 0 unspecified atom stereocenters. The monoisotopic (exact) mass is 688 g/mol. The highest BCUT2D eigenvalue weighted by Gasteiger charge is 2.57. The highest BCUT2D eigenvalue weighted by Crippen LogP contribution is 2.49. The minimum Gasteiger partial charge on any atom is -0.494 e. The maximum Gasteiger partial charge on any atom is 0.476 e. The highest BCUT2D eigenvalue weighted by atomic mass is 31.2. The molecular formula is C31H38FN6O9P. The van der Waals surface area contributed by atoms with Crippen LogP contribution in [0.4, 0.5) is 15.0 Å². The molecule has 0 radical (unpaired) electrons. The minimum atomic E-state index is -4.11. The first-order valence-electron chi connectivity index (χ1n) is 15.8. The van der Waals surface area contributed by atoms with Gasteiger partial charge in [0.25, 0.3) is 11.8 Å². The van der Waals surface area contributed by atoms with Gasteiger partial charge in [-0.05, 0) is 44.2 Å². The van der Waals surface area contributed by atoms with Gasteiger partial charge in [-0.25, -0.2) is 23.6 Å². The van der Waals surface area contributed by atoms with Crippen LogP contribution in [0.3, 0.4) is 0 Å². The van der Waals surface area contributed by atoms with Crippen LogP contribution in [-0.4, -0.2) is 104 Å². The number of likely N-dealkylation sites (N-methyl/N-ethyl adjacent to an activating group) is 1. The first-order valence-corrected chi connectivity index (χ1v) is 17.2. The fourth-order valence-electron chi connectivity index (χ4n) is 6.21. The van der Waals surface area contributed by atoms with Gasteiger partial charge in [-0.1, -0.05) is 13.0 Å². The molecule has 0 saturated carbocycles. The van der Waals surface area contributed by atoms with Crippen LogP contribution in [0.15, 0.2) is 34.7 Å². The minimum absolute atomic E-state index is 0.00147. The number of urea groups is 1. The first kappa shape index (κ1) is 33.8. The lowest BCUT2D eigenvalue weighted by Gasteiger charge is -2.34. The average Bonchev–Trinajstić information content (AvgIpc) is 3.72. The van der Waals surface area contributed by atoms with E-state index in [9.17, 15) is 18.9 Å². The van der Waals surface area contributed by atoms with E-state index in [1.165, 1.54) is 18.1 Å². The zero-order valence-corrected chi connectivity index (χ0v) is 28.1. The molecule has 6 rings (SSSR count). The normalized spacial score (nSPS) is 20.3. The molecule has 48 heavy (non-hydrogen) atoms. The third-order valence-electron chi connectivity index (χ3n) is 8.72. The number of benzene rings is 1. The fourth-order valence-corrected chi connectivity index (χ4v) is 7.32. The van der Waals surface area contributed by atoms with Crippen molar-refractivity contribution >= 4 is 42.6 Å². The molecule has 5 heterocycles. The number of fused-ring (bicyclic) bond motifs is 2. The molecule has 1 N–H and O–H groups in total. The molecule has 3 aromatic rings. The van der Waals surface area contributed by atoms with E-state index in [2.05, 4.69) is 22.0 Å². The van der Waals surface area contributed by atoms with Crippen LogP contribution in [0.2, 0.25) is 0 Å². The molecule has 3 aliphatic rings.